The second-order valence-corrected chi connectivity index (χ2v) is 7.49. The number of halogens is 1. The number of rotatable bonds is 2. The molecule has 1 aliphatic rings. The van der Waals surface area contributed by atoms with Crippen LogP contribution in [0, 0.1) is 25.2 Å². The maximum Gasteiger partial charge on any atom is 0.165 e. The van der Waals surface area contributed by atoms with Gasteiger partial charge in [0, 0.05) is 17.1 Å². The number of benzene rings is 1. The standard InChI is InChI=1S/C20H19BrN4O2/c1-10-7-14(21)18(26-3)11(2)16(10)25-17-13(12(8-22)20(25)23)9-24-15-5-4-6-27-19(15)17/h7,9H,4-6,23H2,1-3H3. The fourth-order valence-electron chi connectivity index (χ4n) is 3.89. The fourth-order valence-corrected chi connectivity index (χ4v) is 4.69. The molecule has 0 unspecified atom stereocenters. The molecular weight excluding hydrogens is 408 g/mol. The summed E-state index contributed by atoms with van der Waals surface area (Å²) in [7, 11) is 1.64. The van der Waals surface area contributed by atoms with Gasteiger partial charge in [0.25, 0.3) is 0 Å². The van der Waals surface area contributed by atoms with E-state index in [0.29, 0.717) is 29.1 Å². The number of nitrogens with two attached hydrogens (primary N) is 1. The van der Waals surface area contributed by atoms with E-state index in [1.807, 2.05) is 24.5 Å². The van der Waals surface area contributed by atoms with E-state index >= 15 is 0 Å². The van der Waals surface area contributed by atoms with E-state index < -0.39 is 0 Å². The van der Waals surface area contributed by atoms with E-state index in [0.717, 1.165) is 51.1 Å². The average molecular weight is 427 g/mol. The molecular formula is C20H19BrN4O2. The molecule has 1 aliphatic heterocycles. The van der Waals surface area contributed by atoms with Crippen LogP contribution in [0.4, 0.5) is 5.82 Å². The van der Waals surface area contributed by atoms with Crippen molar-refractivity contribution in [3.63, 3.8) is 0 Å². The lowest BCUT2D eigenvalue weighted by Gasteiger charge is -2.21. The quantitative estimate of drug-likeness (QED) is 0.663. The summed E-state index contributed by atoms with van der Waals surface area (Å²) in [6.45, 7) is 4.62. The molecule has 0 saturated heterocycles. The number of pyridine rings is 1. The predicted molar refractivity (Wildman–Crippen MR) is 108 cm³/mol. The molecule has 0 aliphatic carbocycles. The van der Waals surface area contributed by atoms with E-state index in [1.165, 1.54) is 0 Å². The maximum absolute atomic E-state index is 9.72. The van der Waals surface area contributed by atoms with Crippen LogP contribution in [0.1, 0.15) is 28.8 Å². The summed E-state index contributed by atoms with van der Waals surface area (Å²) in [4.78, 5) is 4.52. The third-order valence-electron chi connectivity index (χ3n) is 5.05. The highest BCUT2D eigenvalue weighted by molar-refractivity contribution is 9.10. The minimum Gasteiger partial charge on any atom is -0.495 e. The number of nitrogen functional groups attached to an aromatic ring is 1. The largest absolute Gasteiger partial charge is 0.495 e. The number of anilines is 1. The Labute approximate surface area is 165 Å². The number of methoxy groups -OCH3 is 1. The number of aromatic nitrogens is 2. The Hall–Kier alpha value is -2.72. The summed E-state index contributed by atoms with van der Waals surface area (Å²) in [5.41, 5.74) is 11.4. The van der Waals surface area contributed by atoms with Crippen molar-refractivity contribution in [2.75, 3.05) is 19.5 Å². The van der Waals surface area contributed by atoms with Crippen molar-refractivity contribution < 1.29 is 9.47 Å². The van der Waals surface area contributed by atoms with E-state index in [-0.39, 0.29) is 0 Å². The number of hydrogen-bond acceptors (Lipinski definition) is 5. The van der Waals surface area contributed by atoms with Crippen LogP contribution >= 0.6 is 15.9 Å². The molecule has 1 aromatic carbocycles. The number of nitriles is 1. The lowest BCUT2D eigenvalue weighted by atomic mass is 10.1. The number of fused-ring (bicyclic) bond motifs is 3. The van der Waals surface area contributed by atoms with Crippen LogP contribution in [0.5, 0.6) is 11.5 Å². The summed E-state index contributed by atoms with van der Waals surface area (Å²) in [5.74, 6) is 1.83. The zero-order chi connectivity index (χ0) is 19.3. The molecule has 0 amide bonds. The van der Waals surface area contributed by atoms with E-state index in [4.69, 9.17) is 15.2 Å². The molecule has 2 aromatic heterocycles. The molecule has 6 nitrogen and oxygen atoms in total. The van der Waals surface area contributed by atoms with E-state index in [9.17, 15) is 5.26 Å². The van der Waals surface area contributed by atoms with Gasteiger partial charge in [0.1, 0.15) is 28.7 Å². The molecule has 7 heteroatoms. The van der Waals surface area contributed by atoms with Gasteiger partial charge in [-0.25, -0.2) is 0 Å². The van der Waals surface area contributed by atoms with Crippen molar-refractivity contribution in [1.82, 2.24) is 9.55 Å². The van der Waals surface area contributed by atoms with Crippen molar-refractivity contribution in [3.05, 3.63) is 39.1 Å². The molecule has 0 fully saturated rings. The first-order valence-corrected chi connectivity index (χ1v) is 9.47. The molecule has 3 aromatic rings. The molecule has 0 bridgehead atoms. The topological polar surface area (TPSA) is 86.1 Å². The van der Waals surface area contributed by atoms with Crippen molar-refractivity contribution in [3.8, 4) is 23.3 Å². The van der Waals surface area contributed by atoms with Crippen LogP contribution in [0.15, 0.2) is 16.7 Å². The van der Waals surface area contributed by atoms with Crippen LogP contribution in [-0.4, -0.2) is 23.3 Å². The third kappa shape index (κ3) is 2.47. The third-order valence-corrected chi connectivity index (χ3v) is 5.63. The molecule has 0 atom stereocenters. The second kappa shape index (κ2) is 6.46. The van der Waals surface area contributed by atoms with Crippen LogP contribution < -0.4 is 15.2 Å². The average Bonchev–Trinajstić information content (AvgIpc) is 2.93. The molecule has 27 heavy (non-hydrogen) atoms. The van der Waals surface area contributed by atoms with Crippen molar-refractivity contribution in [1.29, 1.82) is 5.26 Å². The van der Waals surface area contributed by atoms with Gasteiger partial charge in [0.2, 0.25) is 0 Å². The fraction of sp³-hybridized carbons (Fsp3) is 0.300. The predicted octanol–water partition coefficient (Wildman–Crippen LogP) is 4.19. The van der Waals surface area contributed by atoms with Gasteiger partial charge >= 0.3 is 0 Å². The van der Waals surface area contributed by atoms with Crippen LogP contribution in [0.25, 0.3) is 16.6 Å². The number of ether oxygens (including phenoxy) is 2. The molecule has 4 rings (SSSR count). The Morgan fingerprint density at radius 1 is 1.41 bits per heavy atom. The number of nitrogens with zero attached hydrogens (tertiary/aromatic N) is 3. The lowest BCUT2D eigenvalue weighted by Crippen LogP contribution is -2.12. The summed E-state index contributed by atoms with van der Waals surface area (Å²) >= 11 is 3.56. The highest BCUT2D eigenvalue weighted by Gasteiger charge is 2.27. The first-order chi connectivity index (χ1) is 13.0. The first-order valence-electron chi connectivity index (χ1n) is 8.68. The lowest BCUT2D eigenvalue weighted by molar-refractivity contribution is 0.288. The minimum atomic E-state index is 0.382. The van der Waals surface area contributed by atoms with Crippen LogP contribution in [-0.2, 0) is 6.42 Å². The SMILES string of the molecule is COc1c(Br)cc(C)c(-n2c(N)c(C#N)c3cnc4c(c32)OCCC4)c1C. The van der Waals surface area contributed by atoms with Crippen molar-refractivity contribution in [2.24, 2.45) is 0 Å². The van der Waals surface area contributed by atoms with Gasteiger partial charge in [-0.1, -0.05) is 0 Å². The van der Waals surface area contributed by atoms with Gasteiger partial charge in [-0.2, -0.15) is 5.26 Å². The summed E-state index contributed by atoms with van der Waals surface area (Å²) < 4.78 is 14.4. The molecule has 0 radical (unpaired) electrons. The number of hydrogen-bond donors (Lipinski definition) is 1. The van der Waals surface area contributed by atoms with Gasteiger partial charge in [0.15, 0.2) is 5.75 Å². The zero-order valence-corrected chi connectivity index (χ0v) is 17.0. The van der Waals surface area contributed by atoms with Gasteiger partial charge in [0.05, 0.1) is 29.6 Å². The Kier molecular flexibility index (Phi) is 4.23. The van der Waals surface area contributed by atoms with Crippen LogP contribution in [0.2, 0.25) is 0 Å². The molecule has 3 heterocycles. The Morgan fingerprint density at radius 2 is 2.19 bits per heavy atom. The molecule has 0 saturated carbocycles. The highest BCUT2D eigenvalue weighted by Crippen LogP contribution is 2.43. The molecule has 2 N–H and O–H groups in total. The maximum atomic E-state index is 9.72. The number of aryl methyl sites for hydroxylation is 2. The zero-order valence-electron chi connectivity index (χ0n) is 15.4. The van der Waals surface area contributed by atoms with Gasteiger partial charge in [-0.3, -0.25) is 9.55 Å². The summed E-state index contributed by atoms with van der Waals surface area (Å²) in [6, 6.07) is 4.23. The second-order valence-electron chi connectivity index (χ2n) is 6.64. The Morgan fingerprint density at radius 3 is 2.89 bits per heavy atom. The highest BCUT2D eigenvalue weighted by atomic mass is 79.9. The van der Waals surface area contributed by atoms with Crippen molar-refractivity contribution in [2.45, 2.75) is 26.7 Å². The summed E-state index contributed by atoms with van der Waals surface area (Å²) in [6.07, 6.45) is 3.51. The van der Waals surface area contributed by atoms with Crippen LogP contribution in [0.3, 0.4) is 0 Å². The minimum absolute atomic E-state index is 0.382. The molecule has 138 valence electrons. The smallest absolute Gasteiger partial charge is 0.165 e. The normalized spacial score (nSPS) is 13.1. The van der Waals surface area contributed by atoms with Gasteiger partial charge in [-0.15, -0.1) is 0 Å². The van der Waals surface area contributed by atoms with Gasteiger partial charge in [-0.05, 0) is 54.2 Å². The van der Waals surface area contributed by atoms with Crippen molar-refractivity contribution >= 4 is 32.7 Å². The Balaban J connectivity index is 2.18. The van der Waals surface area contributed by atoms with E-state index in [2.05, 4.69) is 27.0 Å². The first kappa shape index (κ1) is 17.7. The molecule has 0 spiro atoms. The van der Waals surface area contributed by atoms with E-state index in [1.54, 1.807) is 13.3 Å². The Bertz CT molecular complexity index is 1130. The van der Waals surface area contributed by atoms with Gasteiger partial charge < -0.3 is 15.2 Å². The summed E-state index contributed by atoms with van der Waals surface area (Å²) in [5, 5.41) is 10.4. The monoisotopic (exact) mass is 426 g/mol.